The lowest BCUT2D eigenvalue weighted by atomic mass is 9.82. The van der Waals surface area contributed by atoms with Crippen LogP contribution in [0.2, 0.25) is 5.02 Å². The third-order valence-electron chi connectivity index (χ3n) is 24.9. The lowest BCUT2D eigenvalue weighted by Gasteiger charge is -2.30. The second-order valence-corrected chi connectivity index (χ2v) is 39.1. The predicted octanol–water partition coefficient (Wildman–Crippen LogP) is 10.0. The molecule has 41 heteroatoms. The fourth-order valence-electron chi connectivity index (χ4n) is 17.4. The van der Waals surface area contributed by atoms with Crippen molar-refractivity contribution in [3.05, 3.63) is 151 Å². The lowest BCUT2D eigenvalue weighted by Crippen LogP contribution is -2.54. The number of amides is 15. The van der Waals surface area contributed by atoms with Crippen molar-refractivity contribution in [3.63, 3.8) is 0 Å². The number of piperidine rings is 1. The molecule has 2 aromatic heterocycles. The molecular formula is C96H116ClN15O22S3. The van der Waals surface area contributed by atoms with Crippen LogP contribution in [-0.4, -0.2) is 252 Å². The molecule has 8 heterocycles. The molecule has 7 N–H and O–H groups in total. The Morgan fingerprint density at radius 3 is 2.05 bits per heavy atom. The van der Waals surface area contributed by atoms with Gasteiger partial charge in [-0.3, -0.25) is 96.7 Å². The van der Waals surface area contributed by atoms with Crippen LogP contribution in [0, 0.1) is 44.4 Å². The van der Waals surface area contributed by atoms with Crippen molar-refractivity contribution in [3.8, 4) is 10.8 Å². The zero-order valence-corrected chi connectivity index (χ0v) is 79.6. The number of carbonyl (C=O) groups is 17. The first-order valence-corrected chi connectivity index (χ1v) is 49.2. The number of thioether (sulfide) groups is 2. The van der Waals surface area contributed by atoms with E-state index in [9.17, 15) is 81.5 Å². The Balaban J connectivity index is 0.0000168. The molecule has 6 atom stereocenters. The number of primary amides is 1. The van der Waals surface area contributed by atoms with Gasteiger partial charge in [0.1, 0.15) is 47.7 Å². The van der Waals surface area contributed by atoms with Gasteiger partial charge in [0.05, 0.1) is 65.7 Å². The number of carbonyl (C=O) groups excluding carboxylic acids is 17. The van der Waals surface area contributed by atoms with Crippen molar-refractivity contribution in [1.82, 2.24) is 55.4 Å². The molecule has 0 bridgehead atoms. The largest absolute Gasteiger partial charge is 0.491 e. The van der Waals surface area contributed by atoms with Crippen LogP contribution < -0.4 is 37.1 Å². The predicted molar refractivity (Wildman–Crippen MR) is 508 cm³/mol. The first-order chi connectivity index (χ1) is 65.4. The normalized spacial score (nSPS) is 19.0. The van der Waals surface area contributed by atoms with Crippen molar-refractivity contribution in [2.75, 3.05) is 94.4 Å². The van der Waals surface area contributed by atoms with Crippen molar-refractivity contribution in [2.45, 2.75) is 199 Å². The zero-order valence-electron chi connectivity index (χ0n) is 76.4. The van der Waals surface area contributed by atoms with Gasteiger partial charge >= 0.3 is 18.1 Å². The van der Waals surface area contributed by atoms with E-state index in [0.29, 0.717) is 101 Å². The van der Waals surface area contributed by atoms with Crippen LogP contribution in [0.4, 0.5) is 21.0 Å². The van der Waals surface area contributed by atoms with Crippen molar-refractivity contribution in [2.24, 2.45) is 34.4 Å². The van der Waals surface area contributed by atoms with E-state index in [2.05, 4.69) is 50.6 Å². The van der Waals surface area contributed by atoms with Crippen LogP contribution in [0.3, 0.4) is 0 Å². The van der Waals surface area contributed by atoms with E-state index in [-0.39, 0.29) is 216 Å². The van der Waals surface area contributed by atoms with Crippen LogP contribution in [0.25, 0.3) is 5.00 Å². The summed E-state index contributed by atoms with van der Waals surface area (Å²) in [6.45, 7) is 10.5. The highest BCUT2D eigenvalue weighted by Crippen LogP contribution is 2.42. The number of ketones is 2. The molecule has 15 amide bonds. The molecule has 13 rings (SSSR count). The first-order valence-electron chi connectivity index (χ1n) is 45.9. The third kappa shape index (κ3) is 26.8. The summed E-state index contributed by atoms with van der Waals surface area (Å²) in [5.41, 5.74) is 11.2. The minimum absolute atomic E-state index is 0. The van der Waals surface area contributed by atoms with Crippen molar-refractivity contribution >= 4 is 164 Å². The van der Waals surface area contributed by atoms with Gasteiger partial charge in [-0.1, -0.05) is 81.8 Å². The maximum Gasteiger partial charge on any atom is 0.410 e. The molecule has 4 saturated heterocycles. The number of hydrogen-bond acceptors (Lipinski definition) is 29. The number of ether oxygens (including phenoxy) is 4. The molecule has 137 heavy (non-hydrogen) atoms. The van der Waals surface area contributed by atoms with Gasteiger partial charge in [0.2, 0.25) is 47.3 Å². The molecule has 6 aliphatic heterocycles. The topological polar surface area (TPSA) is 482 Å². The molecule has 7 aliphatic rings. The number of hydroxylamine groups is 2. The number of rotatable bonds is 48. The second kappa shape index (κ2) is 48.8. The lowest BCUT2D eigenvalue weighted by molar-refractivity contribution is -0.201. The number of fused-ring (bicyclic) bond motifs is 4. The highest BCUT2D eigenvalue weighted by atomic mass is 35.5. The van der Waals surface area contributed by atoms with Gasteiger partial charge in [-0.2, -0.15) is 0 Å². The van der Waals surface area contributed by atoms with Crippen LogP contribution in [0.5, 0.6) is 5.75 Å². The van der Waals surface area contributed by atoms with E-state index in [4.69, 9.17) is 46.1 Å². The van der Waals surface area contributed by atoms with Gasteiger partial charge in [-0.05, 0) is 156 Å². The summed E-state index contributed by atoms with van der Waals surface area (Å²) in [6, 6.07) is 22.4. The van der Waals surface area contributed by atoms with Crippen LogP contribution in [-0.2, 0) is 94.4 Å². The number of aryl methyl sites for hydroxylation is 2. The summed E-state index contributed by atoms with van der Waals surface area (Å²) in [4.78, 5) is 239. The molecule has 5 fully saturated rings. The monoisotopic (exact) mass is 1960 g/mol. The number of nitrogens with zero attached hydrogens (tertiary/aromatic N) is 9. The van der Waals surface area contributed by atoms with E-state index >= 15 is 0 Å². The average Bonchev–Trinajstić information content (AvgIpc) is 1.60. The number of aliphatic imine (C=N–C) groups is 1. The quantitative estimate of drug-likeness (QED) is 0.0153. The Morgan fingerprint density at radius 2 is 1.37 bits per heavy atom. The molecule has 3 unspecified atom stereocenters. The Morgan fingerprint density at radius 1 is 0.701 bits per heavy atom. The molecule has 0 spiro atoms. The fraction of sp³-hybridized carbons (Fsp3) is 0.500. The number of benzene rings is 4. The smallest absolute Gasteiger partial charge is 0.410 e. The average molecular weight is 1960 g/mol. The Kier molecular flexibility index (Phi) is 36.9. The number of aromatic nitrogens is 3. The van der Waals surface area contributed by atoms with Gasteiger partial charge in [0.25, 0.3) is 23.6 Å². The van der Waals surface area contributed by atoms with E-state index in [1.807, 2.05) is 47.9 Å². The van der Waals surface area contributed by atoms with E-state index in [0.717, 1.165) is 42.7 Å². The summed E-state index contributed by atoms with van der Waals surface area (Å²) in [5.74, 6) is -6.00. The number of likely N-dealkylation sites (tertiary alicyclic amines) is 2. The molecule has 4 aromatic carbocycles. The first kappa shape index (κ1) is 104. The summed E-state index contributed by atoms with van der Waals surface area (Å²) in [6.07, 6.45) is 2.92. The number of halogens is 1. The second-order valence-electron chi connectivity index (χ2n) is 34.8. The van der Waals surface area contributed by atoms with E-state index in [1.54, 1.807) is 73.7 Å². The Bertz CT molecular complexity index is 5530. The van der Waals surface area contributed by atoms with Gasteiger partial charge in [0, 0.05) is 147 Å². The van der Waals surface area contributed by atoms with Crippen LogP contribution in [0.15, 0.2) is 96.0 Å². The SMILES string of the molecule is C.Cc1sc2c(c1C)C(c1ccc(Cl)cc1)=N[C@@H](CC(=O)Cc1ccc(OCCOCCN(CCOCCNc3cccc4c3C(=O)N(C3CCC(=O)NC3=O)C4=O)C(=O)OCc3ccc(NC(=O)[C@H](CCCNC(N)=O)CC(=O)[C@@H](NC(=O)CCCCCN4C(=O)CC(SCCSC5CC(=O)N(CC6CCC(C(=O)ON7C(=O)CCC7=O)CC6)C5=O)C4=O)C(C)C)cc3)cc1)c1nnc(C)n1-2. The fourth-order valence-corrected chi connectivity index (χ4v) is 21.1. The number of imide groups is 5. The summed E-state index contributed by atoms with van der Waals surface area (Å²) >= 11 is 10.6. The Hall–Kier alpha value is -12.1. The van der Waals surface area contributed by atoms with Gasteiger partial charge in [-0.15, -0.1) is 50.1 Å². The molecule has 1 saturated carbocycles. The zero-order chi connectivity index (χ0) is 97.0. The molecular weight excluding hydrogens is 1850 g/mol. The van der Waals surface area contributed by atoms with Gasteiger partial charge < -0.3 is 55.7 Å². The summed E-state index contributed by atoms with van der Waals surface area (Å²) in [5, 5.41) is 23.4. The minimum Gasteiger partial charge on any atom is -0.491 e. The molecule has 1 aliphatic carbocycles. The number of nitrogens with one attached hydrogen (secondary N) is 5. The maximum atomic E-state index is 14.2. The molecule has 732 valence electrons. The minimum atomic E-state index is -1.15. The number of nitrogens with two attached hydrogens (primary N) is 1. The molecule has 6 aromatic rings. The summed E-state index contributed by atoms with van der Waals surface area (Å²) in [7, 11) is 0. The number of hydrogen-bond donors (Lipinski definition) is 6. The number of Topliss-reactive ketones (excluding diaryl/α,β-unsaturated/α-hetero) is 2. The van der Waals surface area contributed by atoms with E-state index < -0.39 is 112 Å². The summed E-state index contributed by atoms with van der Waals surface area (Å²) < 4.78 is 25.8. The van der Waals surface area contributed by atoms with Crippen molar-refractivity contribution < 1.29 is 105 Å². The maximum absolute atomic E-state index is 14.2. The number of urea groups is 1. The molecule has 0 radical (unpaired) electrons. The molecule has 37 nitrogen and oxygen atoms in total. The number of anilines is 2. The highest BCUT2D eigenvalue weighted by Gasteiger charge is 2.48. The standard InChI is InChI=1S/C95H112ClN15O22S3.CH4/c1-54(2)83(102-75(114)14-7-6-8-37-107-79(118)50-73(89(107)123)134-45-46-135-74-51-80(119)108(90(74)124)52-59-15-21-62(22-16-59)93(126)133-111-77(116)33-34-78(111)117)72(113)48-63(11-10-35-99-94(97)127)86(120)100-65-27-17-60(18-28-65)53-132-95(128)106(38-41-129-40-36-98-69-13-9-12-68-82(69)91(125)110(88(68)122)71-31-32-76(115)103-87(71)121)39-42-130-43-44-131-67-29-19-58(20-30-67)47-66(112)49-70-85-105-104-57(5)109(85)92-81(55(3)56(4)136-92)84(101-70)61-23-25-64(96)26-24-61;/h9,12-13,17-20,23-30,54,59,62-63,70-71,73-74,83,98H,6-8,10-11,14-16,21-22,31-53H2,1-5H3,(H,100,120)(H,102,114)(H3,97,99,127)(H,103,115,121);1H4/t59?,62?,63-,70+,71?,73?,74?,83+;/m1./s1. The van der Waals surface area contributed by atoms with Gasteiger partial charge in [0.15, 0.2) is 11.6 Å². The van der Waals surface area contributed by atoms with Crippen LogP contribution in [0.1, 0.15) is 208 Å². The van der Waals surface area contributed by atoms with E-state index in [1.165, 1.54) is 44.3 Å². The number of thiophene rings is 1. The van der Waals surface area contributed by atoms with Gasteiger partial charge in [-0.25, -0.2) is 14.4 Å². The van der Waals surface area contributed by atoms with Crippen molar-refractivity contribution in [1.29, 1.82) is 0 Å². The Labute approximate surface area is 810 Å². The third-order valence-corrected chi connectivity index (χ3v) is 29.0. The number of unbranched alkanes of at least 4 members (excludes halogenated alkanes) is 2. The van der Waals surface area contributed by atoms with Crippen LogP contribution >= 0.6 is 46.5 Å². The highest BCUT2D eigenvalue weighted by molar-refractivity contribution is 8.04.